The van der Waals surface area contributed by atoms with E-state index in [4.69, 9.17) is 11.6 Å². The first-order valence-corrected chi connectivity index (χ1v) is 5.71. The van der Waals surface area contributed by atoms with E-state index in [1.165, 1.54) is 20.0 Å². The monoisotopic (exact) mass is 240 g/mol. The third kappa shape index (κ3) is 2.32. The van der Waals surface area contributed by atoms with Crippen LogP contribution in [-0.2, 0) is 4.74 Å². The van der Waals surface area contributed by atoms with E-state index >= 15 is 0 Å². The number of esters is 1. The Bertz CT molecular complexity index is 403. The van der Waals surface area contributed by atoms with Gasteiger partial charge in [0.05, 0.1) is 7.11 Å². The molecule has 5 heteroatoms. The number of ether oxygens (including phenoxy) is 1. The highest BCUT2D eigenvalue weighted by Gasteiger charge is 2.21. The first-order valence-electron chi connectivity index (χ1n) is 5.33. The van der Waals surface area contributed by atoms with Gasteiger partial charge in [-0.25, -0.2) is 14.8 Å². The first kappa shape index (κ1) is 11.3. The van der Waals surface area contributed by atoms with Crippen LogP contribution in [0, 0.1) is 0 Å². The number of carbonyl (C=O) groups is 1. The van der Waals surface area contributed by atoms with E-state index in [1.54, 1.807) is 6.07 Å². The molecule has 86 valence electrons. The third-order valence-corrected chi connectivity index (χ3v) is 3.05. The highest BCUT2D eigenvalue weighted by Crippen LogP contribution is 2.33. The van der Waals surface area contributed by atoms with Crippen molar-refractivity contribution in [3.8, 4) is 0 Å². The number of rotatable bonds is 2. The molecule has 1 aliphatic rings. The lowest BCUT2D eigenvalue weighted by atomic mass is 10.0. The Morgan fingerprint density at radius 1 is 1.44 bits per heavy atom. The topological polar surface area (TPSA) is 52.1 Å². The summed E-state index contributed by atoms with van der Waals surface area (Å²) in [4.78, 5) is 19.4. The fourth-order valence-electron chi connectivity index (χ4n) is 2.05. The van der Waals surface area contributed by atoms with E-state index in [2.05, 4.69) is 14.7 Å². The zero-order valence-electron chi connectivity index (χ0n) is 9.07. The Kier molecular flexibility index (Phi) is 3.39. The molecule has 4 nitrogen and oxygen atoms in total. The summed E-state index contributed by atoms with van der Waals surface area (Å²) in [5.74, 6) is -0.0810. The van der Waals surface area contributed by atoms with Crippen LogP contribution in [0.4, 0.5) is 0 Å². The number of hydrogen-bond acceptors (Lipinski definition) is 4. The molecule has 1 aromatic heterocycles. The van der Waals surface area contributed by atoms with E-state index < -0.39 is 5.97 Å². The molecule has 0 N–H and O–H groups in total. The van der Waals surface area contributed by atoms with Crippen molar-refractivity contribution >= 4 is 17.6 Å². The van der Waals surface area contributed by atoms with Crippen LogP contribution in [0.3, 0.4) is 0 Å². The van der Waals surface area contributed by atoms with Crippen LogP contribution in [0.15, 0.2) is 6.07 Å². The molecule has 0 radical (unpaired) electrons. The largest absolute Gasteiger partial charge is 0.463 e. The zero-order chi connectivity index (χ0) is 11.5. The van der Waals surface area contributed by atoms with E-state index in [-0.39, 0.29) is 5.82 Å². The molecule has 1 aliphatic carbocycles. The quantitative estimate of drug-likeness (QED) is 0.589. The van der Waals surface area contributed by atoms with Crippen molar-refractivity contribution in [2.24, 2.45) is 0 Å². The van der Waals surface area contributed by atoms with Gasteiger partial charge in [0.15, 0.2) is 0 Å². The van der Waals surface area contributed by atoms with Gasteiger partial charge in [-0.3, -0.25) is 0 Å². The standard InChI is InChI=1S/C11H13ClN2O2/c1-16-11(15)10-13-8(6-9(12)14-10)7-4-2-3-5-7/h6-7H,2-5H2,1H3. The minimum atomic E-state index is -0.540. The van der Waals surface area contributed by atoms with Crippen molar-refractivity contribution in [3.05, 3.63) is 22.7 Å². The Morgan fingerprint density at radius 3 is 2.75 bits per heavy atom. The average molecular weight is 241 g/mol. The van der Waals surface area contributed by atoms with Crippen LogP contribution in [0.2, 0.25) is 5.15 Å². The molecular formula is C11H13ClN2O2. The smallest absolute Gasteiger partial charge is 0.376 e. The van der Waals surface area contributed by atoms with Crippen molar-refractivity contribution in [1.82, 2.24) is 9.97 Å². The molecule has 1 aromatic rings. The lowest BCUT2D eigenvalue weighted by Crippen LogP contribution is -2.10. The second-order valence-electron chi connectivity index (χ2n) is 3.91. The second kappa shape index (κ2) is 4.78. The summed E-state index contributed by atoms with van der Waals surface area (Å²) in [6, 6.07) is 1.74. The summed E-state index contributed by atoms with van der Waals surface area (Å²) in [7, 11) is 1.31. The second-order valence-corrected chi connectivity index (χ2v) is 4.30. The molecule has 0 bridgehead atoms. The summed E-state index contributed by atoms with van der Waals surface area (Å²) >= 11 is 5.87. The molecule has 0 unspecified atom stereocenters. The van der Waals surface area contributed by atoms with Crippen LogP contribution >= 0.6 is 11.6 Å². The molecule has 0 atom stereocenters. The first-order chi connectivity index (χ1) is 7.70. The molecule has 1 heterocycles. The van der Waals surface area contributed by atoms with Crippen molar-refractivity contribution in [3.63, 3.8) is 0 Å². The van der Waals surface area contributed by atoms with Crippen LogP contribution in [-0.4, -0.2) is 23.0 Å². The average Bonchev–Trinajstić information content (AvgIpc) is 2.80. The summed E-state index contributed by atoms with van der Waals surface area (Å²) in [6.07, 6.45) is 4.63. The molecule has 2 rings (SSSR count). The number of methoxy groups -OCH3 is 1. The maximum absolute atomic E-state index is 11.3. The molecule has 1 saturated carbocycles. The number of nitrogens with zero attached hydrogens (tertiary/aromatic N) is 2. The summed E-state index contributed by atoms with van der Waals surface area (Å²) < 4.78 is 4.59. The normalized spacial score (nSPS) is 16.4. The number of halogens is 1. The van der Waals surface area contributed by atoms with Gasteiger partial charge in [0, 0.05) is 11.6 Å². The highest BCUT2D eigenvalue weighted by atomic mass is 35.5. The Labute approximate surface area is 99.0 Å². The molecule has 16 heavy (non-hydrogen) atoms. The van der Waals surface area contributed by atoms with Gasteiger partial charge in [0.2, 0.25) is 5.82 Å². The number of aromatic nitrogens is 2. The van der Waals surface area contributed by atoms with E-state index in [9.17, 15) is 4.79 Å². The molecule has 0 amide bonds. The predicted molar refractivity (Wildman–Crippen MR) is 59.6 cm³/mol. The summed E-state index contributed by atoms with van der Waals surface area (Å²) in [5.41, 5.74) is 0.859. The van der Waals surface area contributed by atoms with Crippen LogP contribution in [0.25, 0.3) is 0 Å². The van der Waals surface area contributed by atoms with Gasteiger partial charge in [-0.2, -0.15) is 0 Å². The van der Waals surface area contributed by atoms with Crippen LogP contribution in [0.1, 0.15) is 47.9 Å². The lowest BCUT2D eigenvalue weighted by molar-refractivity contribution is 0.0586. The number of carbonyl (C=O) groups excluding carboxylic acids is 1. The van der Waals surface area contributed by atoms with Gasteiger partial charge in [0.1, 0.15) is 5.15 Å². The minimum Gasteiger partial charge on any atom is -0.463 e. The van der Waals surface area contributed by atoms with E-state index in [1.807, 2.05) is 0 Å². The van der Waals surface area contributed by atoms with Crippen molar-refractivity contribution in [2.75, 3.05) is 7.11 Å². The van der Waals surface area contributed by atoms with Gasteiger partial charge >= 0.3 is 5.97 Å². The third-order valence-electron chi connectivity index (χ3n) is 2.86. The van der Waals surface area contributed by atoms with Crippen molar-refractivity contribution in [2.45, 2.75) is 31.6 Å². The van der Waals surface area contributed by atoms with Crippen LogP contribution in [0.5, 0.6) is 0 Å². The molecule has 0 aromatic carbocycles. The summed E-state index contributed by atoms with van der Waals surface area (Å²) in [5, 5.41) is 0.303. The fourth-order valence-corrected chi connectivity index (χ4v) is 2.24. The van der Waals surface area contributed by atoms with Gasteiger partial charge in [-0.15, -0.1) is 0 Å². The summed E-state index contributed by atoms with van der Waals surface area (Å²) in [6.45, 7) is 0. The Balaban J connectivity index is 2.31. The predicted octanol–water partition coefficient (Wildman–Crippen LogP) is 2.57. The van der Waals surface area contributed by atoms with Gasteiger partial charge < -0.3 is 4.74 Å². The van der Waals surface area contributed by atoms with Gasteiger partial charge in [0.25, 0.3) is 0 Å². The maximum atomic E-state index is 11.3. The van der Waals surface area contributed by atoms with Crippen molar-refractivity contribution < 1.29 is 9.53 Å². The van der Waals surface area contributed by atoms with E-state index in [0.717, 1.165) is 18.5 Å². The molecule has 0 saturated heterocycles. The van der Waals surface area contributed by atoms with E-state index in [0.29, 0.717) is 11.1 Å². The Hall–Kier alpha value is -1.16. The van der Waals surface area contributed by atoms with Crippen LogP contribution < -0.4 is 0 Å². The highest BCUT2D eigenvalue weighted by molar-refractivity contribution is 6.29. The molecule has 1 fully saturated rings. The SMILES string of the molecule is COC(=O)c1nc(Cl)cc(C2CCCC2)n1. The maximum Gasteiger partial charge on any atom is 0.376 e. The lowest BCUT2D eigenvalue weighted by Gasteiger charge is -2.09. The van der Waals surface area contributed by atoms with Crippen molar-refractivity contribution in [1.29, 1.82) is 0 Å². The zero-order valence-corrected chi connectivity index (χ0v) is 9.83. The Morgan fingerprint density at radius 2 is 2.12 bits per heavy atom. The van der Waals surface area contributed by atoms with Gasteiger partial charge in [-0.1, -0.05) is 24.4 Å². The fraction of sp³-hybridized carbons (Fsp3) is 0.545. The molecular weight excluding hydrogens is 228 g/mol. The van der Waals surface area contributed by atoms with Gasteiger partial charge in [-0.05, 0) is 18.9 Å². The molecule has 0 spiro atoms. The minimum absolute atomic E-state index is 0.0527. The number of hydrogen-bond donors (Lipinski definition) is 0. The molecule has 0 aliphatic heterocycles.